The summed E-state index contributed by atoms with van der Waals surface area (Å²) in [6.07, 6.45) is 8.36. The molecule has 0 atom stereocenters. The van der Waals surface area contributed by atoms with E-state index >= 15 is 0 Å². The third kappa shape index (κ3) is 3.88. The summed E-state index contributed by atoms with van der Waals surface area (Å²) in [6.45, 7) is 1.09. The van der Waals surface area contributed by atoms with Crippen molar-refractivity contribution >= 4 is 37.5 Å². The number of nitrogens with one attached hydrogen (secondary N) is 1. The summed E-state index contributed by atoms with van der Waals surface area (Å²) >= 11 is 0. The molecule has 1 aliphatic rings. The van der Waals surface area contributed by atoms with E-state index in [-0.39, 0.29) is 6.04 Å². The summed E-state index contributed by atoms with van der Waals surface area (Å²) in [5, 5.41) is 5.86. The van der Waals surface area contributed by atoms with Gasteiger partial charge in [-0.1, -0.05) is 6.07 Å². The molecular formula is C23H25N5O2S. The monoisotopic (exact) mass is 435 g/mol. The molecule has 0 unspecified atom stereocenters. The summed E-state index contributed by atoms with van der Waals surface area (Å²) < 4.78 is 27.2. The molecule has 0 radical (unpaired) electrons. The van der Waals surface area contributed by atoms with E-state index in [1.165, 1.54) is 6.26 Å². The van der Waals surface area contributed by atoms with Gasteiger partial charge in [-0.25, -0.2) is 17.7 Å². The molecule has 1 aliphatic heterocycles. The summed E-state index contributed by atoms with van der Waals surface area (Å²) in [6, 6.07) is 12.9. The molecule has 31 heavy (non-hydrogen) atoms. The number of piperidine rings is 1. The first-order valence-corrected chi connectivity index (χ1v) is 12.2. The van der Waals surface area contributed by atoms with Gasteiger partial charge < -0.3 is 9.88 Å². The first-order valence-electron chi connectivity index (χ1n) is 10.4. The Kier molecular flexibility index (Phi) is 4.91. The second-order valence-corrected chi connectivity index (χ2v) is 10.2. The van der Waals surface area contributed by atoms with Crippen molar-refractivity contribution < 1.29 is 8.42 Å². The Morgan fingerprint density at radius 2 is 1.87 bits per heavy atom. The lowest BCUT2D eigenvalue weighted by atomic mass is 9.99. The Bertz CT molecular complexity index is 1370. The number of rotatable bonds is 4. The lowest BCUT2D eigenvalue weighted by Gasteiger charge is -2.31. The molecule has 1 saturated heterocycles. The molecule has 2 aromatic heterocycles. The second kappa shape index (κ2) is 7.62. The van der Waals surface area contributed by atoms with Crippen LogP contribution in [0.1, 0.15) is 12.8 Å². The minimum Gasteiger partial charge on any atom is -0.382 e. The topological polar surface area (TPSA) is 80.1 Å². The van der Waals surface area contributed by atoms with E-state index < -0.39 is 10.0 Å². The zero-order chi connectivity index (χ0) is 21.6. The zero-order valence-electron chi connectivity index (χ0n) is 17.6. The maximum Gasteiger partial charge on any atom is 0.211 e. The molecule has 2 aromatic carbocycles. The number of sulfonamides is 1. The van der Waals surface area contributed by atoms with E-state index in [0.717, 1.165) is 51.5 Å². The number of anilines is 1. The van der Waals surface area contributed by atoms with Gasteiger partial charge in [-0.3, -0.25) is 4.98 Å². The Labute approximate surface area is 181 Å². The molecule has 160 valence electrons. The molecule has 3 heterocycles. The largest absolute Gasteiger partial charge is 0.382 e. The number of imidazole rings is 1. The number of fused-ring (bicyclic) bond motifs is 2. The van der Waals surface area contributed by atoms with Gasteiger partial charge in [0, 0.05) is 49.6 Å². The van der Waals surface area contributed by atoms with Crippen molar-refractivity contribution in [1.29, 1.82) is 0 Å². The third-order valence-corrected chi connectivity index (χ3v) is 7.40. The van der Waals surface area contributed by atoms with E-state index in [1.807, 2.05) is 36.4 Å². The average Bonchev–Trinajstić information content (AvgIpc) is 3.13. The molecule has 8 heteroatoms. The number of pyridine rings is 1. The minimum atomic E-state index is -3.13. The molecule has 1 N–H and O–H groups in total. The summed E-state index contributed by atoms with van der Waals surface area (Å²) in [4.78, 5) is 8.74. The van der Waals surface area contributed by atoms with Crippen molar-refractivity contribution in [2.24, 2.45) is 7.05 Å². The predicted octanol–water partition coefficient (Wildman–Crippen LogP) is 3.62. The van der Waals surface area contributed by atoms with Crippen LogP contribution < -0.4 is 5.32 Å². The smallest absolute Gasteiger partial charge is 0.211 e. The highest BCUT2D eigenvalue weighted by atomic mass is 32.2. The van der Waals surface area contributed by atoms with Gasteiger partial charge in [0.15, 0.2) is 0 Å². The lowest BCUT2D eigenvalue weighted by Crippen LogP contribution is -2.41. The van der Waals surface area contributed by atoms with Gasteiger partial charge in [0.2, 0.25) is 10.0 Å². The number of aromatic nitrogens is 3. The highest BCUT2D eigenvalue weighted by molar-refractivity contribution is 7.88. The van der Waals surface area contributed by atoms with Crippen molar-refractivity contribution in [3.05, 3.63) is 55.1 Å². The highest BCUT2D eigenvalue weighted by Crippen LogP contribution is 2.33. The van der Waals surface area contributed by atoms with E-state index in [9.17, 15) is 8.42 Å². The van der Waals surface area contributed by atoms with Gasteiger partial charge in [-0.05, 0) is 59.7 Å². The molecular weight excluding hydrogens is 410 g/mol. The highest BCUT2D eigenvalue weighted by Gasteiger charge is 2.25. The van der Waals surface area contributed by atoms with E-state index in [1.54, 1.807) is 4.31 Å². The molecule has 1 fully saturated rings. The van der Waals surface area contributed by atoms with Crippen LogP contribution in [0.15, 0.2) is 55.1 Å². The number of hydrogen-bond donors (Lipinski definition) is 1. The first kappa shape index (κ1) is 20.0. The summed E-state index contributed by atoms with van der Waals surface area (Å²) in [5.41, 5.74) is 5.35. The van der Waals surface area contributed by atoms with Crippen LogP contribution >= 0.6 is 0 Å². The van der Waals surface area contributed by atoms with Crippen LogP contribution in [0.4, 0.5) is 5.69 Å². The average molecular weight is 436 g/mol. The Morgan fingerprint density at radius 1 is 1.06 bits per heavy atom. The van der Waals surface area contributed by atoms with E-state index in [4.69, 9.17) is 0 Å². The van der Waals surface area contributed by atoms with Gasteiger partial charge >= 0.3 is 0 Å². The van der Waals surface area contributed by atoms with Crippen molar-refractivity contribution in [2.45, 2.75) is 18.9 Å². The summed E-state index contributed by atoms with van der Waals surface area (Å²) in [7, 11) is -1.13. The van der Waals surface area contributed by atoms with Crippen molar-refractivity contribution in [3.8, 4) is 11.1 Å². The molecule has 5 rings (SSSR count). The van der Waals surface area contributed by atoms with Crippen molar-refractivity contribution in [3.63, 3.8) is 0 Å². The van der Waals surface area contributed by atoms with Crippen LogP contribution in [0, 0.1) is 0 Å². The molecule has 0 saturated carbocycles. The maximum absolute atomic E-state index is 11.8. The Morgan fingerprint density at radius 3 is 2.65 bits per heavy atom. The molecule has 4 aromatic rings. The standard InChI is InChI=1S/C23H25N5O2S/c1-27-15-25-21-4-3-16(13-23(21)27)18-11-17-5-8-24-14-20(17)22(12-18)26-19-6-9-28(10-7-19)31(2,29)30/h3-5,8,11-15,19,26H,6-7,9-10H2,1-2H3. The van der Waals surface area contributed by atoms with Crippen molar-refractivity contribution in [1.82, 2.24) is 18.8 Å². The zero-order valence-corrected chi connectivity index (χ0v) is 18.4. The minimum absolute atomic E-state index is 0.219. The van der Waals surface area contributed by atoms with Crippen LogP contribution in [0.5, 0.6) is 0 Å². The quantitative estimate of drug-likeness (QED) is 0.530. The predicted molar refractivity (Wildman–Crippen MR) is 125 cm³/mol. The van der Waals surface area contributed by atoms with Gasteiger partial charge in [-0.15, -0.1) is 0 Å². The number of aryl methyl sites for hydroxylation is 1. The van der Waals surface area contributed by atoms with Gasteiger partial charge in [0.25, 0.3) is 0 Å². The third-order valence-electron chi connectivity index (χ3n) is 6.10. The lowest BCUT2D eigenvalue weighted by molar-refractivity contribution is 0.332. The fourth-order valence-corrected chi connectivity index (χ4v) is 5.22. The SMILES string of the molecule is Cn1cnc2ccc(-c3cc(NC4CCN(S(C)(=O)=O)CC4)c4cnccc4c3)cc21. The van der Waals surface area contributed by atoms with Crippen molar-refractivity contribution in [2.75, 3.05) is 24.7 Å². The molecule has 0 spiro atoms. The molecule has 0 amide bonds. The van der Waals surface area contributed by atoms with Crippen LogP contribution in [0.3, 0.4) is 0 Å². The fraction of sp³-hybridized carbons (Fsp3) is 0.304. The number of nitrogens with zero attached hydrogens (tertiary/aromatic N) is 4. The van der Waals surface area contributed by atoms with Gasteiger partial charge in [-0.2, -0.15) is 0 Å². The Hall–Kier alpha value is -2.97. The van der Waals surface area contributed by atoms with Gasteiger partial charge in [0.05, 0.1) is 23.6 Å². The number of hydrogen-bond acceptors (Lipinski definition) is 5. The Balaban J connectivity index is 1.50. The second-order valence-electron chi connectivity index (χ2n) is 8.26. The molecule has 0 aliphatic carbocycles. The van der Waals surface area contributed by atoms with Crippen LogP contribution in [0.25, 0.3) is 32.9 Å². The fourth-order valence-electron chi connectivity index (χ4n) is 4.34. The normalized spacial score (nSPS) is 16.2. The first-order chi connectivity index (χ1) is 14.9. The number of benzene rings is 2. The van der Waals surface area contributed by atoms with Crippen LogP contribution in [-0.4, -0.2) is 52.6 Å². The van der Waals surface area contributed by atoms with Gasteiger partial charge in [0.1, 0.15) is 0 Å². The maximum atomic E-state index is 11.8. The molecule has 7 nitrogen and oxygen atoms in total. The van der Waals surface area contributed by atoms with Crippen LogP contribution in [-0.2, 0) is 17.1 Å². The van der Waals surface area contributed by atoms with Crippen LogP contribution in [0.2, 0.25) is 0 Å². The van der Waals surface area contributed by atoms with E-state index in [0.29, 0.717) is 13.1 Å². The summed E-state index contributed by atoms with van der Waals surface area (Å²) in [5.74, 6) is 0. The van der Waals surface area contributed by atoms with E-state index in [2.05, 4.69) is 45.6 Å². The molecule has 0 bridgehead atoms.